The molecule has 0 aliphatic heterocycles. The van der Waals surface area contributed by atoms with Gasteiger partial charge >= 0.3 is 0 Å². The normalized spacial score (nSPS) is 10.2. The highest BCUT2D eigenvalue weighted by Crippen LogP contribution is 2.09. The maximum absolute atomic E-state index is 9.15. The number of benzene rings is 2. The molecule has 2 aromatic carbocycles. The second-order valence-corrected chi connectivity index (χ2v) is 4.00. The van der Waals surface area contributed by atoms with E-state index in [-0.39, 0.29) is 0 Å². The lowest BCUT2D eigenvalue weighted by Crippen LogP contribution is -2.20. The molecule has 3 heteroatoms. The van der Waals surface area contributed by atoms with Crippen LogP contribution in [0.3, 0.4) is 0 Å². The van der Waals surface area contributed by atoms with Crippen LogP contribution in [0.15, 0.2) is 54.6 Å². The number of phenolic OH excluding ortho intramolecular Hbond substituents is 1. The standard InChI is InChI=1S/C15H17NO2/c17-14-8-6-13(7-9-14)12-16-10-11-18-15-4-2-1-3-5-15/h1-9,16-17H,10-12H2. The van der Waals surface area contributed by atoms with Gasteiger partial charge in [-0.2, -0.15) is 0 Å². The van der Waals surface area contributed by atoms with Gasteiger partial charge in [0.2, 0.25) is 0 Å². The molecule has 0 bridgehead atoms. The summed E-state index contributed by atoms with van der Waals surface area (Å²) in [7, 11) is 0. The fraction of sp³-hybridized carbons (Fsp3) is 0.200. The van der Waals surface area contributed by atoms with E-state index < -0.39 is 0 Å². The first-order valence-electron chi connectivity index (χ1n) is 6.01. The highest BCUT2D eigenvalue weighted by molar-refractivity contribution is 5.25. The number of rotatable bonds is 6. The molecule has 0 aliphatic rings. The molecular weight excluding hydrogens is 226 g/mol. The van der Waals surface area contributed by atoms with E-state index >= 15 is 0 Å². The van der Waals surface area contributed by atoms with Crippen molar-refractivity contribution in [2.24, 2.45) is 0 Å². The first-order valence-corrected chi connectivity index (χ1v) is 6.01. The number of nitrogens with one attached hydrogen (secondary N) is 1. The second-order valence-electron chi connectivity index (χ2n) is 4.00. The summed E-state index contributed by atoms with van der Waals surface area (Å²) < 4.78 is 5.56. The number of phenols is 1. The smallest absolute Gasteiger partial charge is 0.119 e. The summed E-state index contributed by atoms with van der Waals surface area (Å²) in [6.07, 6.45) is 0. The Kier molecular flexibility index (Phi) is 4.61. The molecule has 0 aliphatic carbocycles. The molecule has 0 atom stereocenters. The Morgan fingerprint density at radius 3 is 2.39 bits per heavy atom. The highest BCUT2D eigenvalue weighted by Gasteiger charge is 1.94. The van der Waals surface area contributed by atoms with Crippen molar-refractivity contribution in [3.63, 3.8) is 0 Å². The Bertz CT molecular complexity index is 454. The van der Waals surface area contributed by atoms with E-state index in [0.717, 1.165) is 24.4 Å². The second kappa shape index (κ2) is 6.67. The summed E-state index contributed by atoms with van der Waals surface area (Å²) in [5.74, 6) is 1.19. The van der Waals surface area contributed by atoms with Crippen LogP contribution in [-0.4, -0.2) is 18.3 Å². The van der Waals surface area contributed by atoms with E-state index in [4.69, 9.17) is 9.84 Å². The van der Waals surface area contributed by atoms with E-state index in [1.807, 2.05) is 42.5 Å². The molecule has 0 radical (unpaired) electrons. The predicted octanol–water partition coefficient (Wildman–Crippen LogP) is 2.56. The quantitative estimate of drug-likeness (QED) is 0.766. The minimum absolute atomic E-state index is 0.297. The Morgan fingerprint density at radius 2 is 1.67 bits per heavy atom. The molecule has 0 aromatic heterocycles. The zero-order valence-corrected chi connectivity index (χ0v) is 10.2. The van der Waals surface area contributed by atoms with Crippen LogP contribution in [0.2, 0.25) is 0 Å². The summed E-state index contributed by atoms with van der Waals surface area (Å²) >= 11 is 0. The van der Waals surface area contributed by atoms with Crippen LogP contribution in [-0.2, 0) is 6.54 Å². The largest absolute Gasteiger partial charge is 0.508 e. The molecule has 0 heterocycles. The average molecular weight is 243 g/mol. The topological polar surface area (TPSA) is 41.5 Å². The van der Waals surface area contributed by atoms with Crippen molar-refractivity contribution in [1.82, 2.24) is 5.32 Å². The lowest BCUT2D eigenvalue weighted by atomic mass is 10.2. The van der Waals surface area contributed by atoms with Gasteiger partial charge in [-0.1, -0.05) is 30.3 Å². The third kappa shape index (κ3) is 4.11. The molecule has 0 amide bonds. The Labute approximate surface area is 107 Å². The van der Waals surface area contributed by atoms with Crippen LogP contribution in [0.25, 0.3) is 0 Å². The van der Waals surface area contributed by atoms with Gasteiger partial charge in [-0.3, -0.25) is 0 Å². The molecule has 2 rings (SSSR count). The minimum atomic E-state index is 0.297. The first kappa shape index (κ1) is 12.5. The SMILES string of the molecule is Oc1ccc(CNCCOc2ccccc2)cc1. The Morgan fingerprint density at radius 1 is 0.944 bits per heavy atom. The molecule has 0 saturated heterocycles. The molecule has 0 spiro atoms. The summed E-state index contributed by atoms with van der Waals surface area (Å²) in [5.41, 5.74) is 1.15. The summed E-state index contributed by atoms with van der Waals surface area (Å²) in [5, 5.41) is 12.4. The van der Waals surface area contributed by atoms with Crippen molar-refractivity contribution in [2.75, 3.05) is 13.2 Å². The number of aromatic hydroxyl groups is 1. The van der Waals surface area contributed by atoms with Crippen molar-refractivity contribution in [2.45, 2.75) is 6.54 Å². The first-order chi connectivity index (χ1) is 8.84. The van der Waals surface area contributed by atoms with E-state index in [2.05, 4.69) is 5.32 Å². The van der Waals surface area contributed by atoms with Crippen LogP contribution in [0.4, 0.5) is 0 Å². The number of ether oxygens (including phenoxy) is 1. The Balaban J connectivity index is 1.63. The van der Waals surface area contributed by atoms with Crippen molar-refractivity contribution >= 4 is 0 Å². The maximum Gasteiger partial charge on any atom is 0.119 e. The van der Waals surface area contributed by atoms with Crippen molar-refractivity contribution in [3.05, 3.63) is 60.2 Å². The molecule has 94 valence electrons. The van der Waals surface area contributed by atoms with Gasteiger partial charge in [0, 0.05) is 13.1 Å². The van der Waals surface area contributed by atoms with E-state index in [1.165, 1.54) is 0 Å². The van der Waals surface area contributed by atoms with Crippen molar-refractivity contribution in [3.8, 4) is 11.5 Å². The van der Waals surface area contributed by atoms with Crippen molar-refractivity contribution in [1.29, 1.82) is 0 Å². The maximum atomic E-state index is 9.15. The fourth-order valence-corrected chi connectivity index (χ4v) is 1.60. The lowest BCUT2D eigenvalue weighted by molar-refractivity contribution is 0.313. The van der Waals surface area contributed by atoms with Crippen LogP contribution >= 0.6 is 0 Å². The Hall–Kier alpha value is -2.00. The zero-order valence-electron chi connectivity index (χ0n) is 10.2. The van der Waals surface area contributed by atoms with Crippen LogP contribution < -0.4 is 10.1 Å². The van der Waals surface area contributed by atoms with Gasteiger partial charge < -0.3 is 15.2 Å². The van der Waals surface area contributed by atoms with Gasteiger partial charge in [-0.25, -0.2) is 0 Å². The van der Waals surface area contributed by atoms with Crippen LogP contribution in [0.5, 0.6) is 11.5 Å². The van der Waals surface area contributed by atoms with Gasteiger partial charge in [0.05, 0.1) is 0 Å². The van der Waals surface area contributed by atoms with E-state index in [9.17, 15) is 0 Å². The average Bonchev–Trinajstić information content (AvgIpc) is 2.42. The zero-order chi connectivity index (χ0) is 12.6. The van der Waals surface area contributed by atoms with E-state index in [0.29, 0.717) is 12.4 Å². The molecule has 0 fully saturated rings. The molecule has 3 nitrogen and oxygen atoms in total. The van der Waals surface area contributed by atoms with Gasteiger partial charge in [0.1, 0.15) is 18.1 Å². The van der Waals surface area contributed by atoms with Gasteiger partial charge in [-0.05, 0) is 29.8 Å². The predicted molar refractivity (Wildman–Crippen MR) is 71.8 cm³/mol. The molecular formula is C15H17NO2. The number of hydrogen-bond acceptors (Lipinski definition) is 3. The monoisotopic (exact) mass is 243 g/mol. The van der Waals surface area contributed by atoms with Crippen LogP contribution in [0.1, 0.15) is 5.56 Å². The number of para-hydroxylation sites is 1. The lowest BCUT2D eigenvalue weighted by Gasteiger charge is -2.07. The number of hydrogen-bond donors (Lipinski definition) is 2. The molecule has 2 aromatic rings. The minimum Gasteiger partial charge on any atom is -0.508 e. The fourth-order valence-electron chi connectivity index (χ4n) is 1.60. The van der Waals surface area contributed by atoms with Crippen molar-refractivity contribution < 1.29 is 9.84 Å². The molecule has 18 heavy (non-hydrogen) atoms. The molecule has 2 N–H and O–H groups in total. The van der Waals surface area contributed by atoms with Gasteiger partial charge in [0.25, 0.3) is 0 Å². The molecule has 0 unspecified atom stereocenters. The summed E-state index contributed by atoms with van der Waals surface area (Å²) in [6, 6.07) is 17.0. The summed E-state index contributed by atoms with van der Waals surface area (Å²) in [6.45, 7) is 2.20. The third-order valence-corrected chi connectivity index (χ3v) is 2.56. The van der Waals surface area contributed by atoms with Crippen LogP contribution in [0, 0.1) is 0 Å². The summed E-state index contributed by atoms with van der Waals surface area (Å²) in [4.78, 5) is 0. The van der Waals surface area contributed by atoms with Gasteiger partial charge in [0.15, 0.2) is 0 Å². The third-order valence-electron chi connectivity index (χ3n) is 2.56. The highest BCUT2D eigenvalue weighted by atomic mass is 16.5. The van der Waals surface area contributed by atoms with E-state index in [1.54, 1.807) is 12.1 Å². The molecule has 0 saturated carbocycles. The van der Waals surface area contributed by atoms with Gasteiger partial charge in [-0.15, -0.1) is 0 Å².